The standard InChI is InChI=1S/C20H30O5/c1-6-12-10-20(12,18(24)25-7-2)11-16(21)14-8-13(19(3,4)5)9-15(14)17(22)23/h6,12-15H,1,7-11H2,2-5H3,(H,22,23). The first-order chi connectivity index (χ1) is 11.6. The van der Waals surface area contributed by atoms with E-state index in [1.165, 1.54) is 0 Å². The lowest BCUT2D eigenvalue weighted by molar-refractivity contribution is -0.152. The molecule has 0 saturated heterocycles. The number of hydrogen-bond acceptors (Lipinski definition) is 4. The molecule has 2 rings (SSSR count). The van der Waals surface area contributed by atoms with Gasteiger partial charge in [-0.2, -0.15) is 0 Å². The van der Waals surface area contributed by atoms with Crippen molar-refractivity contribution in [1.29, 1.82) is 0 Å². The van der Waals surface area contributed by atoms with Crippen molar-refractivity contribution < 1.29 is 24.2 Å². The van der Waals surface area contributed by atoms with Crippen LogP contribution in [0.5, 0.6) is 0 Å². The third-order valence-corrected chi connectivity index (χ3v) is 6.11. The Morgan fingerprint density at radius 1 is 1.24 bits per heavy atom. The topological polar surface area (TPSA) is 80.7 Å². The van der Waals surface area contributed by atoms with E-state index >= 15 is 0 Å². The normalized spacial score (nSPS) is 34.4. The summed E-state index contributed by atoms with van der Waals surface area (Å²) in [5, 5.41) is 9.56. The van der Waals surface area contributed by atoms with Gasteiger partial charge in [0.2, 0.25) is 0 Å². The highest BCUT2D eigenvalue weighted by Gasteiger charge is 2.61. The van der Waals surface area contributed by atoms with Crippen molar-refractivity contribution in [1.82, 2.24) is 0 Å². The van der Waals surface area contributed by atoms with Crippen LogP contribution in [0.1, 0.15) is 53.4 Å². The summed E-state index contributed by atoms with van der Waals surface area (Å²) in [5.74, 6) is -2.42. The number of carboxylic acid groups (broad SMARTS) is 1. The van der Waals surface area contributed by atoms with Crippen LogP contribution in [0.15, 0.2) is 12.7 Å². The Morgan fingerprint density at radius 2 is 1.84 bits per heavy atom. The van der Waals surface area contributed by atoms with Gasteiger partial charge >= 0.3 is 11.9 Å². The molecule has 2 saturated carbocycles. The molecule has 5 nitrogen and oxygen atoms in total. The molecule has 0 radical (unpaired) electrons. The highest BCUT2D eigenvalue weighted by Crippen LogP contribution is 2.58. The molecule has 25 heavy (non-hydrogen) atoms. The number of esters is 1. The van der Waals surface area contributed by atoms with Crippen LogP contribution in [-0.4, -0.2) is 29.4 Å². The van der Waals surface area contributed by atoms with Crippen LogP contribution < -0.4 is 0 Å². The fourth-order valence-corrected chi connectivity index (χ4v) is 4.24. The minimum absolute atomic E-state index is 0.0369. The summed E-state index contributed by atoms with van der Waals surface area (Å²) >= 11 is 0. The van der Waals surface area contributed by atoms with Gasteiger partial charge < -0.3 is 9.84 Å². The lowest BCUT2D eigenvalue weighted by Crippen LogP contribution is -2.31. The molecule has 0 aliphatic heterocycles. The van der Waals surface area contributed by atoms with Gasteiger partial charge in [0.15, 0.2) is 0 Å². The van der Waals surface area contributed by atoms with Crippen LogP contribution in [0, 0.1) is 34.5 Å². The minimum Gasteiger partial charge on any atom is -0.481 e. The van der Waals surface area contributed by atoms with Crippen LogP contribution in [-0.2, 0) is 19.1 Å². The van der Waals surface area contributed by atoms with Crippen LogP contribution in [0.2, 0.25) is 0 Å². The van der Waals surface area contributed by atoms with Gasteiger partial charge in [-0.25, -0.2) is 0 Å². The van der Waals surface area contributed by atoms with Gasteiger partial charge in [0.05, 0.1) is 17.9 Å². The molecular formula is C20H30O5. The van der Waals surface area contributed by atoms with Crippen LogP contribution in [0.25, 0.3) is 0 Å². The van der Waals surface area contributed by atoms with E-state index in [1.54, 1.807) is 13.0 Å². The Morgan fingerprint density at radius 3 is 2.28 bits per heavy atom. The molecule has 5 unspecified atom stereocenters. The van der Waals surface area contributed by atoms with Crippen LogP contribution >= 0.6 is 0 Å². The fraction of sp³-hybridized carbons (Fsp3) is 0.750. The first-order valence-corrected chi connectivity index (χ1v) is 9.12. The molecule has 1 N–H and O–H groups in total. The predicted octanol–water partition coefficient (Wildman–Crippen LogP) is 3.47. The zero-order chi connectivity index (χ0) is 19.0. The van der Waals surface area contributed by atoms with Crippen molar-refractivity contribution in [2.24, 2.45) is 34.5 Å². The van der Waals surface area contributed by atoms with Crippen molar-refractivity contribution in [2.75, 3.05) is 6.61 Å². The van der Waals surface area contributed by atoms with E-state index in [0.29, 0.717) is 19.3 Å². The van der Waals surface area contributed by atoms with E-state index in [0.717, 1.165) is 0 Å². The number of rotatable bonds is 7. The average Bonchev–Trinajstić information content (AvgIpc) is 3.02. The number of carboxylic acids is 1. The SMILES string of the molecule is C=CC1CC1(CC(=O)C1CC(C(C)(C)C)CC1C(=O)O)C(=O)OCC. The van der Waals surface area contributed by atoms with Crippen molar-refractivity contribution in [3.8, 4) is 0 Å². The van der Waals surface area contributed by atoms with Crippen LogP contribution in [0.4, 0.5) is 0 Å². The maximum absolute atomic E-state index is 13.0. The lowest BCUT2D eigenvalue weighted by atomic mass is 9.78. The Balaban J connectivity index is 2.16. The number of allylic oxidation sites excluding steroid dienone is 1. The monoisotopic (exact) mass is 350 g/mol. The maximum atomic E-state index is 13.0. The Bertz CT molecular complexity index is 573. The number of carbonyl (C=O) groups excluding carboxylic acids is 2. The lowest BCUT2D eigenvalue weighted by Gasteiger charge is -2.26. The summed E-state index contributed by atoms with van der Waals surface area (Å²) in [6.07, 6.45) is 3.43. The minimum atomic E-state index is -0.911. The fourth-order valence-electron chi connectivity index (χ4n) is 4.24. The summed E-state index contributed by atoms with van der Waals surface area (Å²) in [4.78, 5) is 37.0. The molecule has 2 fully saturated rings. The number of hydrogen-bond donors (Lipinski definition) is 1. The summed E-state index contributed by atoms with van der Waals surface area (Å²) in [6.45, 7) is 12.0. The van der Waals surface area contributed by atoms with Crippen molar-refractivity contribution >= 4 is 17.7 Å². The molecule has 0 spiro atoms. The molecular weight excluding hydrogens is 320 g/mol. The quantitative estimate of drug-likeness (QED) is 0.562. The van der Waals surface area contributed by atoms with E-state index in [4.69, 9.17) is 4.74 Å². The van der Waals surface area contributed by atoms with Gasteiger partial charge in [-0.15, -0.1) is 6.58 Å². The van der Waals surface area contributed by atoms with Gasteiger partial charge in [-0.3, -0.25) is 14.4 Å². The highest BCUT2D eigenvalue weighted by molar-refractivity contribution is 5.93. The molecule has 0 bridgehead atoms. The molecule has 0 aromatic heterocycles. The zero-order valence-electron chi connectivity index (χ0n) is 15.7. The van der Waals surface area contributed by atoms with Crippen LogP contribution in [0.3, 0.4) is 0 Å². The molecule has 0 heterocycles. The number of ether oxygens (including phenoxy) is 1. The largest absolute Gasteiger partial charge is 0.481 e. The summed E-state index contributed by atoms with van der Waals surface area (Å²) in [7, 11) is 0. The first-order valence-electron chi connectivity index (χ1n) is 9.12. The van der Waals surface area contributed by atoms with Gasteiger partial charge in [0.1, 0.15) is 5.78 Å². The predicted molar refractivity (Wildman–Crippen MR) is 93.8 cm³/mol. The number of aliphatic carboxylic acids is 1. The second kappa shape index (κ2) is 6.93. The maximum Gasteiger partial charge on any atom is 0.313 e. The summed E-state index contributed by atoms with van der Waals surface area (Å²) in [5.41, 5.74) is -0.859. The molecule has 0 aromatic carbocycles. The third kappa shape index (κ3) is 3.80. The van der Waals surface area contributed by atoms with Crippen molar-refractivity contribution in [3.05, 3.63) is 12.7 Å². The van der Waals surface area contributed by atoms with E-state index in [9.17, 15) is 19.5 Å². The summed E-state index contributed by atoms with van der Waals surface area (Å²) < 4.78 is 5.16. The second-order valence-corrected chi connectivity index (χ2v) is 8.65. The molecule has 5 heteroatoms. The Hall–Kier alpha value is -1.65. The Labute approximate surface area is 149 Å². The number of ketones is 1. The molecule has 2 aliphatic rings. The molecule has 0 aromatic rings. The van der Waals surface area contributed by atoms with Gasteiger partial charge in [0.25, 0.3) is 0 Å². The molecule has 2 aliphatic carbocycles. The van der Waals surface area contributed by atoms with E-state index in [2.05, 4.69) is 27.4 Å². The number of Topliss-reactive ketones (excluding diaryl/α,β-unsaturated/α-hetero) is 1. The van der Waals surface area contributed by atoms with E-state index in [-0.39, 0.29) is 42.0 Å². The average molecular weight is 350 g/mol. The molecule has 5 atom stereocenters. The van der Waals surface area contributed by atoms with Gasteiger partial charge in [-0.05, 0) is 43.4 Å². The van der Waals surface area contributed by atoms with Gasteiger partial charge in [-0.1, -0.05) is 26.8 Å². The van der Waals surface area contributed by atoms with Crippen molar-refractivity contribution in [3.63, 3.8) is 0 Å². The molecule has 0 amide bonds. The molecule has 140 valence electrons. The zero-order valence-corrected chi connectivity index (χ0v) is 15.7. The van der Waals surface area contributed by atoms with E-state index < -0.39 is 23.2 Å². The highest BCUT2D eigenvalue weighted by atomic mass is 16.5. The van der Waals surface area contributed by atoms with Crippen molar-refractivity contribution in [2.45, 2.75) is 53.4 Å². The van der Waals surface area contributed by atoms with E-state index in [1.807, 2.05) is 0 Å². The first kappa shape index (κ1) is 19.7. The second-order valence-electron chi connectivity index (χ2n) is 8.65. The smallest absolute Gasteiger partial charge is 0.313 e. The third-order valence-electron chi connectivity index (χ3n) is 6.11. The van der Waals surface area contributed by atoms with Gasteiger partial charge in [0, 0.05) is 12.3 Å². The Kier molecular flexibility index (Phi) is 5.45. The summed E-state index contributed by atoms with van der Waals surface area (Å²) in [6, 6.07) is 0. The number of carbonyl (C=O) groups is 3.